The summed E-state index contributed by atoms with van der Waals surface area (Å²) in [7, 11) is 0. The summed E-state index contributed by atoms with van der Waals surface area (Å²) in [6.45, 7) is 37.2. The van der Waals surface area contributed by atoms with E-state index in [1.54, 1.807) is 20.8 Å². The summed E-state index contributed by atoms with van der Waals surface area (Å²) in [5.74, 6) is -1.15. The fraction of sp³-hybridized carbons (Fsp3) is 1.00. The molecule has 0 spiro atoms. The molecular formula is C70H126F26. The SMILES string of the molecule is CC(C)(C(F)(F)F)C(F)(F)F.CC(C)(F)C(F)(F)F.CC1(F)CC1.CCC(C)(C(F)(F)F)C(F)(F)F.CCC(C)(C)C.CCC(C)(C)C.CCC(C)C(F)(F)F.CCC1(C(F)(F)F)CCCC1.CCC1(C(F)(F)F)CCCCC1.CCC1(C)CCCC1.CCC1(C)CCCCC1. The molecule has 1 atom stereocenters. The molecule has 0 radical (unpaired) electrons. The highest BCUT2D eigenvalue weighted by Gasteiger charge is 2.66. The Kier molecular flexibility index (Phi) is 46.1. The lowest BCUT2D eigenvalue weighted by atomic mass is 9.72. The number of hydrogen-bond donors (Lipinski definition) is 0. The lowest BCUT2D eigenvalue weighted by Crippen LogP contribution is -2.47. The fourth-order valence-electron chi connectivity index (χ4n) is 8.42. The summed E-state index contributed by atoms with van der Waals surface area (Å²) < 4.78 is 307. The van der Waals surface area contributed by atoms with Crippen LogP contribution in [0.15, 0.2) is 0 Å². The largest absolute Gasteiger partial charge is 0.421 e. The molecule has 5 saturated carbocycles. The van der Waals surface area contributed by atoms with Crippen molar-refractivity contribution in [1.82, 2.24) is 0 Å². The summed E-state index contributed by atoms with van der Waals surface area (Å²) in [6, 6.07) is 0. The van der Waals surface area contributed by atoms with E-state index in [1.165, 1.54) is 97.3 Å². The first-order chi connectivity index (χ1) is 42.2. The van der Waals surface area contributed by atoms with Crippen molar-refractivity contribution < 1.29 is 114 Å². The molecule has 0 bridgehead atoms. The summed E-state index contributed by atoms with van der Waals surface area (Å²) >= 11 is 0. The molecule has 5 fully saturated rings. The maximum absolute atomic E-state index is 12.6. The molecule has 0 nitrogen and oxygen atoms in total. The maximum atomic E-state index is 12.6. The zero-order valence-electron chi connectivity index (χ0n) is 62.2. The van der Waals surface area contributed by atoms with Crippen molar-refractivity contribution >= 4 is 0 Å². The zero-order valence-corrected chi connectivity index (χ0v) is 62.2. The summed E-state index contributed by atoms with van der Waals surface area (Å²) in [4.78, 5) is 0. The Morgan fingerprint density at radius 2 is 0.510 bits per heavy atom. The minimum absolute atomic E-state index is 0.104. The Balaban J connectivity index is -0.000000234. The topological polar surface area (TPSA) is 0 Å². The van der Waals surface area contributed by atoms with Gasteiger partial charge in [0.2, 0.25) is 0 Å². The van der Waals surface area contributed by atoms with Crippen LogP contribution in [0.5, 0.6) is 0 Å². The molecule has 96 heavy (non-hydrogen) atoms. The van der Waals surface area contributed by atoms with Crippen LogP contribution in [0.25, 0.3) is 0 Å². The van der Waals surface area contributed by atoms with Crippen LogP contribution in [0.3, 0.4) is 0 Å². The van der Waals surface area contributed by atoms with Gasteiger partial charge in [0.05, 0.1) is 16.7 Å². The molecule has 0 aromatic heterocycles. The van der Waals surface area contributed by atoms with Crippen LogP contribution >= 0.6 is 0 Å². The van der Waals surface area contributed by atoms with E-state index >= 15 is 0 Å². The van der Waals surface area contributed by atoms with Crippen molar-refractivity contribution in [2.75, 3.05) is 0 Å². The van der Waals surface area contributed by atoms with E-state index in [-0.39, 0.29) is 40.0 Å². The predicted octanol–water partition coefficient (Wildman–Crippen LogP) is 31.7. The molecule has 5 aliphatic carbocycles. The van der Waals surface area contributed by atoms with Gasteiger partial charge in [-0.25, -0.2) is 8.78 Å². The van der Waals surface area contributed by atoms with E-state index in [0.717, 1.165) is 62.7 Å². The highest BCUT2D eigenvalue weighted by atomic mass is 19.4. The third-order valence-electron chi connectivity index (χ3n) is 19.8. The van der Waals surface area contributed by atoms with Gasteiger partial charge in [-0.05, 0) is 153 Å². The van der Waals surface area contributed by atoms with Crippen LogP contribution in [-0.4, -0.2) is 60.7 Å². The molecular weight excluding hydrogens is 1330 g/mol. The fourth-order valence-corrected chi connectivity index (χ4v) is 8.42. The first-order valence-corrected chi connectivity index (χ1v) is 34.1. The van der Waals surface area contributed by atoms with Gasteiger partial charge in [0, 0.05) is 0 Å². The van der Waals surface area contributed by atoms with Crippen LogP contribution in [0.4, 0.5) is 114 Å². The Morgan fingerprint density at radius 1 is 0.302 bits per heavy atom. The van der Waals surface area contributed by atoms with Crippen LogP contribution in [-0.2, 0) is 0 Å². The second-order valence-corrected chi connectivity index (χ2v) is 31.0. The van der Waals surface area contributed by atoms with Crippen LogP contribution in [0, 0.1) is 49.2 Å². The average molecular weight is 1460 g/mol. The average Bonchev–Trinajstić information content (AvgIpc) is 1.08. The second kappa shape index (κ2) is 42.1. The van der Waals surface area contributed by atoms with Crippen LogP contribution in [0.1, 0.15) is 339 Å². The van der Waals surface area contributed by atoms with Gasteiger partial charge in [0.25, 0.3) is 0 Å². The lowest BCUT2D eigenvalue weighted by Gasteiger charge is -2.38. The van der Waals surface area contributed by atoms with Crippen molar-refractivity contribution in [3.63, 3.8) is 0 Å². The smallest absolute Gasteiger partial charge is 0.244 e. The number of rotatable bonds is 6. The second-order valence-electron chi connectivity index (χ2n) is 31.0. The maximum Gasteiger partial charge on any atom is 0.421 e. The van der Waals surface area contributed by atoms with Crippen molar-refractivity contribution in [2.24, 2.45) is 49.2 Å². The highest BCUT2D eigenvalue weighted by Crippen LogP contribution is 2.55. The summed E-state index contributed by atoms with van der Waals surface area (Å²) in [6.07, 6.45) is -12.5. The first-order valence-electron chi connectivity index (χ1n) is 34.1. The summed E-state index contributed by atoms with van der Waals surface area (Å²) in [5.41, 5.74) is -11.1. The molecule has 0 amide bonds. The molecule has 0 aliphatic heterocycles. The minimum Gasteiger partial charge on any atom is -0.244 e. The Bertz CT molecular complexity index is 1830. The van der Waals surface area contributed by atoms with Gasteiger partial charge in [-0.15, -0.1) is 0 Å². The van der Waals surface area contributed by atoms with Gasteiger partial charge >= 0.3 is 49.4 Å². The Morgan fingerprint density at radius 3 is 0.583 bits per heavy atom. The highest BCUT2D eigenvalue weighted by molar-refractivity contribution is 4.91. The van der Waals surface area contributed by atoms with E-state index in [4.69, 9.17) is 0 Å². The van der Waals surface area contributed by atoms with Crippen molar-refractivity contribution in [3.8, 4) is 0 Å². The van der Waals surface area contributed by atoms with Gasteiger partial charge in [-0.3, -0.25) is 0 Å². The van der Waals surface area contributed by atoms with Gasteiger partial charge < -0.3 is 0 Å². The van der Waals surface area contributed by atoms with Crippen molar-refractivity contribution in [2.45, 2.75) is 400 Å². The molecule has 0 saturated heterocycles. The molecule has 0 aromatic rings. The molecule has 5 rings (SSSR count). The van der Waals surface area contributed by atoms with E-state index in [0.29, 0.717) is 50.4 Å². The zero-order chi connectivity index (χ0) is 78.4. The van der Waals surface area contributed by atoms with Crippen molar-refractivity contribution in [3.05, 3.63) is 0 Å². The van der Waals surface area contributed by atoms with Crippen molar-refractivity contribution in [1.29, 1.82) is 0 Å². The Hall–Kier alpha value is -1.82. The third kappa shape index (κ3) is 43.2. The Labute approximate surface area is 561 Å². The standard InChI is InChI=1S/C9H15F3.C9H18.C8H13F3.C8H16.C6H8F6.2C6H14.C5H6F6.C5H9F3.C4H6F4.C4H7F/c1-2-8(9(10,11)12)6-4-3-5-7-8;1-3-9(2)7-5-4-6-8-9;1-2-7(8(9,10)11)5-3-4-6-7;1-3-8(2)6-4-5-7-8;1-3-4(2,5(7,8)9)6(10,11)12;2*1-5-6(2,3)4;1-3(2,4(6,7)8)5(9,10)11;1-3-4(2)5(6,7)8;1-3(2,5)4(6,7)8;1-4(5)2-3-4/h2-7H2,1H3;3-8H2,1-2H3;2-6H2,1H3;3-7H2,1-2H3;3H2,1-2H3;2*5H2,1-4H3;1-2H3;4H,3H2,1-2H3;1-2H3;2-3H2,1H3. The molecule has 26 heteroatoms. The molecule has 0 aromatic carbocycles. The van der Waals surface area contributed by atoms with E-state index in [1.807, 2.05) is 0 Å². The lowest BCUT2D eigenvalue weighted by molar-refractivity contribution is -0.335. The number of alkyl halides is 26. The molecule has 0 N–H and O–H groups in total. The molecule has 0 heterocycles. The summed E-state index contributed by atoms with van der Waals surface area (Å²) in [5, 5.41) is 0. The van der Waals surface area contributed by atoms with E-state index in [9.17, 15) is 114 Å². The first kappa shape index (κ1) is 105. The molecule has 5 aliphatic rings. The normalized spacial score (nSPS) is 19.6. The molecule has 1 unspecified atom stereocenters. The number of hydrogen-bond acceptors (Lipinski definition) is 0. The van der Waals surface area contributed by atoms with E-state index in [2.05, 4.69) is 83.1 Å². The minimum atomic E-state index is -5.24. The monoisotopic (exact) mass is 1460 g/mol. The van der Waals surface area contributed by atoms with Gasteiger partial charge in [0.15, 0.2) is 16.5 Å². The predicted molar refractivity (Wildman–Crippen MR) is 339 cm³/mol. The van der Waals surface area contributed by atoms with Gasteiger partial charge in [-0.1, -0.05) is 208 Å². The van der Waals surface area contributed by atoms with Crippen LogP contribution < -0.4 is 0 Å². The quantitative estimate of drug-likeness (QED) is 0.233. The number of halogens is 26. The molecule has 588 valence electrons. The van der Waals surface area contributed by atoms with Gasteiger partial charge in [-0.2, -0.15) is 105 Å². The van der Waals surface area contributed by atoms with E-state index < -0.39 is 94.7 Å². The van der Waals surface area contributed by atoms with Crippen LogP contribution in [0.2, 0.25) is 0 Å². The third-order valence-corrected chi connectivity index (χ3v) is 19.8. The van der Waals surface area contributed by atoms with Gasteiger partial charge in [0.1, 0.15) is 5.67 Å².